The summed E-state index contributed by atoms with van der Waals surface area (Å²) in [6, 6.07) is 0. The van der Waals surface area contributed by atoms with Crippen LogP contribution in [-0.2, 0) is 27.9 Å². The molecule has 0 aliphatic rings. The highest BCUT2D eigenvalue weighted by molar-refractivity contribution is 7.47. The molecule has 0 heterocycles. The first-order valence-corrected chi connectivity index (χ1v) is 27.5. The van der Waals surface area contributed by atoms with E-state index >= 15 is 0 Å². The number of quaternary nitrogens is 1. The minimum absolute atomic E-state index is 0.0803. The van der Waals surface area contributed by atoms with Crippen LogP contribution < -0.4 is 0 Å². The van der Waals surface area contributed by atoms with Gasteiger partial charge in [0.2, 0.25) is 0 Å². The minimum Gasteiger partial charge on any atom is -0.457 e. The maximum absolute atomic E-state index is 12.8. The highest BCUT2D eigenvalue weighted by atomic mass is 31.2. The van der Waals surface area contributed by atoms with Gasteiger partial charge in [0, 0.05) is 13.0 Å². The minimum atomic E-state index is -4.29. The Bertz CT molecular complexity index is 1360. The maximum atomic E-state index is 12.8. The molecular formula is C56H99NO7P+. The summed E-state index contributed by atoms with van der Waals surface area (Å²) in [7, 11) is 1.64. The summed E-state index contributed by atoms with van der Waals surface area (Å²) in [5.74, 6) is -0.327. The lowest BCUT2D eigenvalue weighted by atomic mass is 10.1. The summed E-state index contributed by atoms with van der Waals surface area (Å²) in [5, 5.41) is 0. The van der Waals surface area contributed by atoms with Crippen LogP contribution in [0.25, 0.3) is 0 Å². The van der Waals surface area contributed by atoms with Gasteiger partial charge in [-0.05, 0) is 89.9 Å². The molecule has 1 N–H and O–H groups in total. The number of likely N-dealkylation sites (N-methyl/N-ethyl adjacent to an activating group) is 1. The van der Waals surface area contributed by atoms with Crippen LogP contribution in [0.3, 0.4) is 0 Å². The first-order chi connectivity index (χ1) is 31.6. The second-order valence-electron chi connectivity index (χ2n) is 18.1. The predicted octanol–water partition coefficient (Wildman–Crippen LogP) is 16.2. The molecule has 0 aliphatic carbocycles. The van der Waals surface area contributed by atoms with Gasteiger partial charge in [0.25, 0.3) is 0 Å². The van der Waals surface area contributed by atoms with E-state index in [4.69, 9.17) is 18.5 Å². The number of phosphoric acid groups is 1. The summed E-state index contributed by atoms with van der Waals surface area (Å²) in [6.45, 7) is 5.36. The number of carbonyl (C=O) groups is 1. The molecule has 0 aromatic rings. The first-order valence-electron chi connectivity index (χ1n) is 26.0. The Morgan fingerprint density at radius 1 is 0.477 bits per heavy atom. The van der Waals surface area contributed by atoms with Gasteiger partial charge < -0.3 is 18.9 Å². The van der Waals surface area contributed by atoms with Crippen molar-refractivity contribution in [1.82, 2.24) is 0 Å². The Morgan fingerprint density at radius 2 is 0.846 bits per heavy atom. The molecule has 0 fully saturated rings. The molecule has 0 rings (SSSR count). The Morgan fingerprint density at radius 3 is 1.26 bits per heavy atom. The van der Waals surface area contributed by atoms with Gasteiger partial charge in [-0.25, -0.2) is 4.57 Å². The Labute approximate surface area is 400 Å². The van der Waals surface area contributed by atoms with Crippen LogP contribution in [0.2, 0.25) is 0 Å². The van der Waals surface area contributed by atoms with Crippen LogP contribution in [0.5, 0.6) is 0 Å². The summed E-state index contributed by atoms with van der Waals surface area (Å²) in [5.41, 5.74) is 0. The van der Waals surface area contributed by atoms with Crippen molar-refractivity contribution < 1.29 is 37.3 Å². The lowest BCUT2D eigenvalue weighted by Gasteiger charge is -2.24. The number of phosphoric ester groups is 1. The lowest BCUT2D eigenvalue weighted by Crippen LogP contribution is -2.37. The number of esters is 1. The standard InChI is InChI=1S/C56H98NO7P/c1-6-8-10-12-14-16-18-20-22-24-26-28-30-32-34-36-38-40-42-44-46-48-51-61-53-55(54-63-65(59,60)62-52-50-57(3,4)5)64-56(58)49-47-45-43-41-39-37-35-33-31-29-27-25-23-21-19-17-15-13-11-9-7-2/h8-11,14-17,20-23,26-29,55H,6-7,12-13,18-19,24-25,30-54H2,1-5H3/p+1/b10-8-,11-9-,16-14-,17-15-,22-20-,23-21-,28-26-,29-27-. The second kappa shape index (κ2) is 47.9. The number of ether oxygens (including phenoxy) is 2. The summed E-state index contributed by atoms with van der Waals surface area (Å²) >= 11 is 0. The molecule has 0 bridgehead atoms. The molecule has 0 spiro atoms. The molecule has 0 saturated heterocycles. The van der Waals surface area contributed by atoms with Crippen LogP contribution in [0.4, 0.5) is 0 Å². The van der Waals surface area contributed by atoms with Gasteiger partial charge in [-0.2, -0.15) is 0 Å². The summed E-state index contributed by atoms with van der Waals surface area (Å²) < 4.78 is 35.2. The van der Waals surface area contributed by atoms with Crippen molar-refractivity contribution >= 4 is 13.8 Å². The molecule has 0 aliphatic heterocycles. The van der Waals surface area contributed by atoms with E-state index in [9.17, 15) is 14.3 Å². The average molecular weight is 929 g/mol. The van der Waals surface area contributed by atoms with Gasteiger partial charge in [0.1, 0.15) is 19.3 Å². The molecule has 0 amide bonds. The third-order valence-corrected chi connectivity index (χ3v) is 11.6. The van der Waals surface area contributed by atoms with E-state index in [0.29, 0.717) is 24.1 Å². The zero-order chi connectivity index (χ0) is 47.6. The quantitative estimate of drug-likeness (QED) is 0.0214. The van der Waals surface area contributed by atoms with Gasteiger partial charge in [-0.15, -0.1) is 0 Å². The van der Waals surface area contributed by atoms with Crippen molar-refractivity contribution in [3.05, 3.63) is 97.2 Å². The Kier molecular flexibility index (Phi) is 46.0. The molecule has 2 unspecified atom stereocenters. The van der Waals surface area contributed by atoms with Gasteiger partial charge in [0.15, 0.2) is 0 Å². The van der Waals surface area contributed by atoms with Gasteiger partial charge in [-0.1, -0.05) is 195 Å². The van der Waals surface area contributed by atoms with Crippen molar-refractivity contribution in [3.63, 3.8) is 0 Å². The number of rotatable bonds is 47. The molecule has 0 aromatic heterocycles. The van der Waals surface area contributed by atoms with Crippen molar-refractivity contribution in [3.8, 4) is 0 Å². The maximum Gasteiger partial charge on any atom is 0.472 e. The zero-order valence-electron chi connectivity index (χ0n) is 42.4. The molecule has 0 saturated carbocycles. The van der Waals surface area contributed by atoms with Gasteiger partial charge >= 0.3 is 13.8 Å². The largest absolute Gasteiger partial charge is 0.472 e. The fourth-order valence-electron chi connectivity index (χ4n) is 6.71. The van der Waals surface area contributed by atoms with Crippen molar-refractivity contribution in [2.24, 2.45) is 0 Å². The molecule has 374 valence electrons. The normalized spacial score (nSPS) is 14.4. The SMILES string of the molecule is CC/C=C\C/C=C\C/C=C\C/C=C\CCCCCCCCCCCOCC(COP(=O)(O)OCC[N+](C)(C)C)OC(=O)CCCCCCCCCC/C=C\C/C=C\C/C=C\C/C=C\CC. The summed E-state index contributed by atoms with van der Waals surface area (Å²) in [4.78, 5) is 23.0. The number of carbonyl (C=O) groups excluding carboxylic acids is 1. The van der Waals surface area contributed by atoms with E-state index in [1.54, 1.807) is 0 Å². The number of unbranched alkanes of at least 4 members (excludes halogenated alkanes) is 17. The van der Waals surface area contributed by atoms with Crippen LogP contribution in [0, 0.1) is 0 Å². The van der Waals surface area contributed by atoms with Crippen LogP contribution in [0.1, 0.15) is 194 Å². The fourth-order valence-corrected chi connectivity index (χ4v) is 7.45. The smallest absolute Gasteiger partial charge is 0.457 e. The monoisotopic (exact) mass is 929 g/mol. The third-order valence-electron chi connectivity index (χ3n) is 10.6. The second-order valence-corrected chi connectivity index (χ2v) is 19.6. The first kappa shape index (κ1) is 62.4. The van der Waals surface area contributed by atoms with E-state index in [1.165, 1.54) is 83.5 Å². The average Bonchev–Trinajstić information content (AvgIpc) is 3.27. The van der Waals surface area contributed by atoms with Gasteiger partial charge in [-0.3, -0.25) is 13.8 Å². The highest BCUT2D eigenvalue weighted by Gasteiger charge is 2.26. The van der Waals surface area contributed by atoms with Gasteiger partial charge in [0.05, 0.1) is 34.4 Å². The zero-order valence-corrected chi connectivity index (χ0v) is 43.3. The van der Waals surface area contributed by atoms with E-state index in [2.05, 4.69) is 111 Å². The van der Waals surface area contributed by atoms with E-state index in [1.807, 2.05) is 21.1 Å². The van der Waals surface area contributed by atoms with Crippen molar-refractivity contribution in [1.29, 1.82) is 0 Å². The molecular weight excluding hydrogens is 830 g/mol. The molecule has 8 nitrogen and oxygen atoms in total. The Balaban J connectivity index is 4.19. The topological polar surface area (TPSA) is 91.3 Å². The van der Waals surface area contributed by atoms with E-state index in [-0.39, 0.29) is 25.8 Å². The van der Waals surface area contributed by atoms with Crippen LogP contribution in [-0.4, -0.2) is 75.6 Å². The van der Waals surface area contributed by atoms with E-state index in [0.717, 1.165) is 89.9 Å². The summed E-state index contributed by atoms with van der Waals surface area (Å²) in [6.07, 6.45) is 65.9. The molecule has 65 heavy (non-hydrogen) atoms. The molecule has 0 radical (unpaired) electrons. The van der Waals surface area contributed by atoms with E-state index < -0.39 is 13.9 Å². The number of hydrogen-bond donors (Lipinski definition) is 1. The molecule has 2 atom stereocenters. The third kappa shape index (κ3) is 52.3. The number of hydrogen-bond acceptors (Lipinski definition) is 6. The van der Waals surface area contributed by atoms with Crippen LogP contribution >= 0.6 is 7.82 Å². The van der Waals surface area contributed by atoms with Crippen molar-refractivity contribution in [2.75, 3.05) is 54.1 Å². The molecule has 9 heteroatoms. The number of nitrogens with zero attached hydrogens (tertiary/aromatic N) is 1. The fraction of sp³-hybridized carbons (Fsp3) is 0.696. The van der Waals surface area contributed by atoms with Crippen molar-refractivity contribution in [2.45, 2.75) is 200 Å². The molecule has 0 aromatic carbocycles. The lowest BCUT2D eigenvalue weighted by molar-refractivity contribution is -0.870. The van der Waals surface area contributed by atoms with Crippen LogP contribution in [0.15, 0.2) is 97.2 Å². The predicted molar refractivity (Wildman–Crippen MR) is 279 cm³/mol. The highest BCUT2D eigenvalue weighted by Crippen LogP contribution is 2.43. The number of allylic oxidation sites excluding steroid dienone is 16. The Hall–Kier alpha value is -2.58.